The Kier molecular flexibility index (Phi) is 14.1. The Morgan fingerprint density at radius 1 is 0.636 bits per heavy atom. The zero-order valence-corrected chi connectivity index (χ0v) is 13.6. The highest BCUT2D eigenvalue weighted by molar-refractivity contribution is 5.67. The topological polar surface area (TPSA) is 94.8 Å². The second kappa shape index (κ2) is 14.8. The summed E-state index contributed by atoms with van der Waals surface area (Å²) in [5.74, 6) is -1.63. The predicted octanol–water partition coefficient (Wildman–Crippen LogP) is 3.98. The largest absolute Gasteiger partial charge is 0.481 e. The smallest absolute Gasteiger partial charge is 0.305 e. The number of hydrogen-bond acceptors (Lipinski definition) is 3. The van der Waals surface area contributed by atoms with Gasteiger partial charge in [0, 0.05) is 6.42 Å². The van der Waals surface area contributed by atoms with E-state index in [1.54, 1.807) is 0 Å². The van der Waals surface area contributed by atoms with Gasteiger partial charge in [0.1, 0.15) is 0 Å². The van der Waals surface area contributed by atoms with E-state index in [1.165, 1.54) is 32.1 Å². The summed E-state index contributed by atoms with van der Waals surface area (Å²) in [6, 6.07) is 0. The van der Waals surface area contributed by atoms with Crippen molar-refractivity contribution in [1.29, 1.82) is 0 Å². The van der Waals surface area contributed by atoms with Crippen LogP contribution in [0, 0.1) is 0 Å². The Bertz CT molecular complexity index is 291. The molecule has 0 rings (SSSR count). The molecule has 0 spiro atoms. The fourth-order valence-electron chi connectivity index (χ4n) is 2.55. The average Bonchev–Trinajstić information content (AvgIpc) is 2.42. The number of carbonyl (C=O) groups is 2. The van der Waals surface area contributed by atoms with Gasteiger partial charge in [0.25, 0.3) is 0 Å². The molecular formula is C17H32O5. The molecule has 1 unspecified atom stereocenters. The first kappa shape index (κ1) is 20.9. The number of aliphatic hydroxyl groups is 1. The van der Waals surface area contributed by atoms with Crippen molar-refractivity contribution in [3.63, 3.8) is 0 Å². The lowest BCUT2D eigenvalue weighted by Gasteiger charge is -2.07. The van der Waals surface area contributed by atoms with Gasteiger partial charge in [-0.2, -0.15) is 0 Å². The van der Waals surface area contributed by atoms with Gasteiger partial charge in [-0.25, -0.2) is 0 Å². The quantitative estimate of drug-likeness (QED) is 0.374. The van der Waals surface area contributed by atoms with Crippen LogP contribution in [0.2, 0.25) is 0 Å². The summed E-state index contributed by atoms with van der Waals surface area (Å²) in [4.78, 5) is 20.7. The van der Waals surface area contributed by atoms with E-state index in [9.17, 15) is 14.7 Å². The number of aliphatic hydroxyl groups excluding tert-OH is 1. The van der Waals surface area contributed by atoms with E-state index < -0.39 is 18.0 Å². The minimum atomic E-state index is -0.935. The maximum absolute atomic E-state index is 10.4. The predicted molar refractivity (Wildman–Crippen MR) is 85.9 cm³/mol. The van der Waals surface area contributed by atoms with Crippen LogP contribution in [0.4, 0.5) is 0 Å². The summed E-state index contributed by atoms with van der Waals surface area (Å²) in [6.07, 6.45) is 12.2. The van der Waals surface area contributed by atoms with Crippen LogP contribution in [-0.4, -0.2) is 33.4 Å². The molecule has 5 heteroatoms. The van der Waals surface area contributed by atoms with Crippen molar-refractivity contribution in [1.82, 2.24) is 0 Å². The Morgan fingerprint density at radius 3 is 1.45 bits per heavy atom. The molecule has 0 saturated carbocycles. The number of carboxylic acid groups (broad SMARTS) is 2. The molecule has 0 aromatic heterocycles. The van der Waals surface area contributed by atoms with Gasteiger partial charge in [0.05, 0.1) is 12.5 Å². The second-order valence-corrected chi connectivity index (χ2v) is 6.07. The van der Waals surface area contributed by atoms with Crippen molar-refractivity contribution in [2.75, 3.05) is 0 Å². The summed E-state index contributed by atoms with van der Waals surface area (Å²) >= 11 is 0. The zero-order chi connectivity index (χ0) is 16.6. The number of aliphatic carboxylic acids is 2. The van der Waals surface area contributed by atoms with Crippen molar-refractivity contribution < 1.29 is 24.9 Å². The molecule has 0 aromatic rings. The van der Waals surface area contributed by atoms with Gasteiger partial charge in [0.15, 0.2) is 0 Å². The molecule has 0 aliphatic rings. The molecule has 130 valence electrons. The maximum Gasteiger partial charge on any atom is 0.305 e. The SMILES string of the molecule is O=C(O)CCCCCCCCCCCCCC(O)CC(=O)O. The molecule has 0 bridgehead atoms. The number of rotatable bonds is 16. The maximum atomic E-state index is 10.4. The van der Waals surface area contributed by atoms with Crippen LogP contribution >= 0.6 is 0 Å². The first-order valence-electron chi connectivity index (χ1n) is 8.64. The zero-order valence-electron chi connectivity index (χ0n) is 13.6. The molecule has 0 aliphatic carbocycles. The summed E-state index contributed by atoms with van der Waals surface area (Å²) in [5.41, 5.74) is 0. The van der Waals surface area contributed by atoms with E-state index >= 15 is 0 Å². The molecule has 22 heavy (non-hydrogen) atoms. The van der Waals surface area contributed by atoms with Gasteiger partial charge in [-0.15, -0.1) is 0 Å². The molecule has 0 aromatic carbocycles. The third kappa shape index (κ3) is 17.0. The van der Waals surface area contributed by atoms with Crippen molar-refractivity contribution in [3.05, 3.63) is 0 Å². The van der Waals surface area contributed by atoms with Crippen molar-refractivity contribution in [3.8, 4) is 0 Å². The Balaban J connectivity index is 3.11. The first-order chi connectivity index (χ1) is 10.5. The number of hydrogen-bond donors (Lipinski definition) is 3. The van der Waals surface area contributed by atoms with Crippen molar-refractivity contribution >= 4 is 11.9 Å². The highest BCUT2D eigenvalue weighted by Crippen LogP contribution is 2.13. The van der Waals surface area contributed by atoms with Crippen molar-refractivity contribution in [2.45, 2.75) is 96.0 Å². The summed E-state index contributed by atoms with van der Waals surface area (Å²) < 4.78 is 0. The van der Waals surface area contributed by atoms with Gasteiger partial charge in [0.2, 0.25) is 0 Å². The summed E-state index contributed by atoms with van der Waals surface area (Å²) in [6.45, 7) is 0. The van der Waals surface area contributed by atoms with Crippen molar-refractivity contribution in [2.24, 2.45) is 0 Å². The summed E-state index contributed by atoms with van der Waals surface area (Å²) in [7, 11) is 0. The van der Waals surface area contributed by atoms with Gasteiger partial charge in [-0.3, -0.25) is 9.59 Å². The van der Waals surface area contributed by atoms with Crippen LogP contribution in [0.3, 0.4) is 0 Å². The molecular weight excluding hydrogens is 284 g/mol. The molecule has 3 N–H and O–H groups in total. The molecule has 0 aliphatic heterocycles. The van der Waals surface area contributed by atoms with Crippen LogP contribution < -0.4 is 0 Å². The van der Waals surface area contributed by atoms with Gasteiger partial charge < -0.3 is 15.3 Å². The molecule has 0 amide bonds. The molecule has 5 nitrogen and oxygen atoms in total. The van der Waals surface area contributed by atoms with Gasteiger partial charge in [-0.1, -0.05) is 64.2 Å². The molecule has 0 radical (unpaired) electrons. The van der Waals surface area contributed by atoms with Crippen LogP contribution in [0.25, 0.3) is 0 Å². The third-order valence-electron chi connectivity index (χ3n) is 3.84. The standard InChI is InChI=1S/C17H32O5/c18-15(14-17(21)22)12-10-8-6-4-2-1-3-5-7-9-11-13-16(19)20/h15,18H,1-14H2,(H,19,20)(H,21,22). The Morgan fingerprint density at radius 2 is 1.05 bits per heavy atom. The lowest BCUT2D eigenvalue weighted by molar-refractivity contribution is -0.139. The monoisotopic (exact) mass is 316 g/mol. The average molecular weight is 316 g/mol. The van der Waals surface area contributed by atoms with Crippen LogP contribution in [0.5, 0.6) is 0 Å². The fourth-order valence-corrected chi connectivity index (χ4v) is 2.55. The minimum absolute atomic E-state index is 0.146. The number of unbranched alkanes of at least 4 members (excludes halogenated alkanes) is 10. The third-order valence-corrected chi connectivity index (χ3v) is 3.84. The van der Waals surface area contributed by atoms with Gasteiger partial charge in [-0.05, 0) is 12.8 Å². The lowest BCUT2D eigenvalue weighted by atomic mass is 10.0. The van der Waals surface area contributed by atoms with E-state index in [2.05, 4.69) is 0 Å². The summed E-state index contributed by atoms with van der Waals surface area (Å²) in [5, 5.41) is 26.4. The van der Waals surface area contributed by atoms with E-state index in [0.717, 1.165) is 38.5 Å². The molecule has 1 atom stereocenters. The first-order valence-corrected chi connectivity index (χ1v) is 8.64. The van der Waals surface area contributed by atoms with Crippen LogP contribution in [0.15, 0.2) is 0 Å². The van der Waals surface area contributed by atoms with E-state index in [1.807, 2.05) is 0 Å². The van der Waals surface area contributed by atoms with Gasteiger partial charge >= 0.3 is 11.9 Å². The molecule has 0 fully saturated rings. The minimum Gasteiger partial charge on any atom is -0.481 e. The lowest BCUT2D eigenvalue weighted by Crippen LogP contribution is -2.12. The second-order valence-electron chi connectivity index (χ2n) is 6.07. The highest BCUT2D eigenvalue weighted by Gasteiger charge is 2.08. The number of carboxylic acids is 2. The van der Waals surface area contributed by atoms with E-state index in [4.69, 9.17) is 10.2 Å². The fraction of sp³-hybridized carbons (Fsp3) is 0.882. The van der Waals surface area contributed by atoms with Crippen LogP contribution in [-0.2, 0) is 9.59 Å². The van der Waals surface area contributed by atoms with E-state index in [-0.39, 0.29) is 6.42 Å². The van der Waals surface area contributed by atoms with Crippen LogP contribution in [0.1, 0.15) is 89.9 Å². The van der Waals surface area contributed by atoms with E-state index in [0.29, 0.717) is 12.8 Å². The Hall–Kier alpha value is -1.10. The molecule has 0 saturated heterocycles. The highest BCUT2D eigenvalue weighted by atomic mass is 16.4. The normalized spacial score (nSPS) is 12.2. The molecule has 0 heterocycles. The Labute approximate surface area is 133 Å².